The first kappa shape index (κ1) is 14.4. The lowest BCUT2D eigenvalue weighted by molar-refractivity contribution is 0.102. The van der Waals surface area contributed by atoms with E-state index >= 15 is 0 Å². The topological polar surface area (TPSA) is 59.5 Å². The van der Waals surface area contributed by atoms with Crippen LogP contribution in [0.3, 0.4) is 0 Å². The molecule has 0 aliphatic heterocycles. The summed E-state index contributed by atoms with van der Waals surface area (Å²) < 4.78 is 21.3. The minimum atomic E-state index is -0.493. The number of carbonyl (C=O) groups is 1. The fraction of sp³-hybridized carbons (Fsp3) is 0.111. The van der Waals surface area contributed by atoms with Gasteiger partial charge in [-0.25, -0.2) is 9.37 Å². The number of nitrogens with one attached hydrogen (secondary N) is 1. The molecule has 5 nitrogen and oxygen atoms in total. The molecule has 24 heavy (non-hydrogen) atoms. The second kappa shape index (κ2) is 5.19. The number of furan rings is 1. The smallest absolute Gasteiger partial charge is 0.259 e. The number of benzene rings is 1. The maximum absolute atomic E-state index is 14.1. The zero-order valence-corrected chi connectivity index (χ0v) is 13.1. The van der Waals surface area contributed by atoms with E-state index in [0.29, 0.717) is 22.5 Å². The molecule has 4 aromatic rings. The van der Waals surface area contributed by atoms with Crippen molar-refractivity contribution in [2.45, 2.75) is 13.8 Å². The third-order valence-corrected chi connectivity index (χ3v) is 3.80. The van der Waals surface area contributed by atoms with Crippen LogP contribution in [0.2, 0.25) is 0 Å². The average Bonchev–Trinajstić information content (AvgIpc) is 3.08. The number of rotatable bonds is 2. The molecule has 0 atom stereocenters. The minimum Gasteiger partial charge on any atom is -0.461 e. The number of pyridine rings is 1. The van der Waals surface area contributed by atoms with Gasteiger partial charge < -0.3 is 14.1 Å². The number of hydrogen-bond donors (Lipinski definition) is 1. The molecule has 0 saturated heterocycles. The van der Waals surface area contributed by atoms with Crippen LogP contribution in [0, 0.1) is 19.7 Å². The molecule has 6 heteroatoms. The van der Waals surface area contributed by atoms with Crippen molar-refractivity contribution in [2.24, 2.45) is 0 Å². The first-order chi connectivity index (χ1) is 11.5. The van der Waals surface area contributed by atoms with Gasteiger partial charge in [-0.15, -0.1) is 0 Å². The SMILES string of the molecule is Cc1cn2cc(NC(=O)c3cccc4cc(C)oc34)cc(F)c2n1. The van der Waals surface area contributed by atoms with Gasteiger partial charge in [-0.05, 0) is 26.0 Å². The maximum Gasteiger partial charge on any atom is 0.259 e. The van der Waals surface area contributed by atoms with E-state index in [1.54, 1.807) is 35.9 Å². The van der Waals surface area contributed by atoms with E-state index in [9.17, 15) is 9.18 Å². The van der Waals surface area contributed by atoms with Crippen LogP contribution in [0.15, 0.2) is 47.1 Å². The Morgan fingerprint density at radius 3 is 2.92 bits per heavy atom. The predicted octanol–water partition coefficient (Wildman–Crippen LogP) is 4.09. The second-order valence-electron chi connectivity index (χ2n) is 5.72. The zero-order chi connectivity index (χ0) is 16.8. The predicted molar refractivity (Wildman–Crippen MR) is 88.8 cm³/mol. The van der Waals surface area contributed by atoms with Crippen LogP contribution in [0.4, 0.5) is 10.1 Å². The molecule has 4 rings (SSSR count). The number of halogens is 1. The lowest BCUT2D eigenvalue weighted by Gasteiger charge is -2.07. The summed E-state index contributed by atoms with van der Waals surface area (Å²) in [5, 5.41) is 3.57. The summed E-state index contributed by atoms with van der Waals surface area (Å²) in [5.74, 6) is -0.120. The summed E-state index contributed by atoms with van der Waals surface area (Å²) >= 11 is 0. The van der Waals surface area contributed by atoms with Gasteiger partial charge in [0.1, 0.15) is 11.3 Å². The summed E-state index contributed by atoms with van der Waals surface area (Å²) in [4.78, 5) is 16.7. The Bertz CT molecular complexity index is 1090. The van der Waals surface area contributed by atoms with E-state index in [0.717, 1.165) is 11.1 Å². The summed E-state index contributed by atoms with van der Waals surface area (Å²) in [6.07, 6.45) is 3.33. The van der Waals surface area contributed by atoms with Crippen molar-refractivity contribution < 1.29 is 13.6 Å². The molecular weight excluding hydrogens is 309 g/mol. The van der Waals surface area contributed by atoms with Gasteiger partial charge in [0.05, 0.1) is 16.9 Å². The monoisotopic (exact) mass is 323 g/mol. The van der Waals surface area contributed by atoms with Gasteiger partial charge in [0.25, 0.3) is 5.91 Å². The van der Waals surface area contributed by atoms with E-state index in [2.05, 4.69) is 10.3 Å². The minimum absolute atomic E-state index is 0.231. The van der Waals surface area contributed by atoms with Gasteiger partial charge >= 0.3 is 0 Å². The normalized spacial score (nSPS) is 11.3. The van der Waals surface area contributed by atoms with Gasteiger partial charge in [-0.2, -0.15) is 0 Å². The van der Waals surface area contributed by atoms with Crippen molar-refractivity contribution in [1.82, 2.24) is 9.38 Å². The number of carbonyl (C=O) groups excluding carboxylic acids is 1. The maximum atomic E-state index is 14.1. The third kappa shape index (κ3) is 2.32. The molecule has 0 fully saturated rings. The van der Waals surface area contributed by atoms with Crippen LogP contribution in [0.25, 0.3) is 16.6 Å². The number of amides is 1. The van der Waals surface area contributed by atoms with Gasteiger partial charge in [-0.3, -0.25) is 4.79 Å². The number of imidazole rings is 1. The number of aryl methyl sites for hydroxylation is 2. The number of nitrogens with zero attached hydrogens (tertiary/aromatic N) is 2. The first-order valence-electron chi connectivity index (χ1n) is 7.46. The van der Waals surface area contributed by atoms with Crippen molar-refractivity contribution in [3.63, 3.8) is 0 Å². The highest BCUT2D eigenvalue weighted by molar-refractivity contribution is 6.11. The van der Waals surface area contributed by atoms with Gasteiger partial charge in [0.15, 0.2) is 11.5 Å². The van der Waals surface area contributed by atoms with Crippen molar-refractivity contribution in [3.8, 4) is 0 Å². The number of fused-ring (bicyclic) bond motifs is 2. The second-order valence-corrected chi connectivity index (χ2v) is 5.72. The van der Waals surface area contributed by atoms with Crippen LogP contribution < -0.4 is 5.32 Å². The van der Waals surface area contributed by atoms with Crippen molar-refractivity contribution in [2.75, 3.05) is 5.32 Å². The molecule has 0 spiro atoms. The largest absolute Gasteiger partial charge is 0.461 e. The third-order valence-electron chi connectivity index (χ3n) is 3.80. The molecule has 3 aromatic heterocycles. The standard InChI is InChI=1S/C18H14FN3O2/c1-10-8-22-9-13(7-15(19)17(22)20-10)21-18(23)14-5-3-4-12-6-11(2)24-16(12)14/h3-9H,1-2H3,(H,21,23). The lowest BCUT2D eigenvalue weighted by Crippen LogP contribution is -2.13. The number of hydrogen-bond acceptors (Lipinski definition) is 3. The number of aromatic nitrogens is 2. The fourth-order valence-corrected chi connectivity index (χ4v) is 2.82. The molecule has 0 bridgehead atoms. The molecule has 1 aromatic carbocycles. The van der Waals surface area contributed by atoms with E-state index < -0.39 is 5.82 Å². The molecule has 1 N–H and O–H groups in total. The molecular formula is C18H14FN3O2. The van der Waals surface area contributed by atoms with Gasteiger partial charge in [0, 0.05) is 23.8 Å². The van der Waals surface area contributed by atoms with Crippen molar-refractivity contribution >= 4 is 28.2 Å². The molecule has 0 aliphatic carbocycles. The molecule has 0 unspecified atom stereocenters. The van der Waals surface area contributed by atoms with Crippen LogP contribution in [0.1, 0.15) is 21.8 Å². The van der Waals surface area contributed by atoms with Gasteiger partial charge in [-0.1, -0.05) is 12.1 Å². The van der Waals surface area contributed by atoms with Gasteiger partial charge in [0.2, 0.25) is 0 Å². The number of para-hydroxylation sites is 1. The molecule has 3 heterocycles. The van der Waals surface area contributed by atoms with E-state index in [4.69, 9.17) is 4.42 Å². The Morgan fingerprint density at radius 1 is 1.25 bits per heavy atom. The quantitative estimate of drug-likeness (QED) is 0.604. The first-order valence-corrected chi connectivity index (χ1v) is 7.46. The van der Waals surface area contributed by atoms with Crippen LogP contribution >= 0.6 is 0 Å². The van der Waals surface area contributed by atoms with Crippen LogP contribution in [-0.2, 0) is 0 Å². The zero-order valence-electron chi connectivity index (χ0n) is 13.1. The summed E-state index contributed by atoms with van der Waals surface area (Å²) in [6.45, 7) is 3.61. The molecule has 0 radical (unpaired) electrons. The van der Waals surface area contributed by atoms with E-state index in [1.807, 2.05) is 19.1 Å². The Hall–Kier alpha value is -3.15. The highest BCUT2D eigenvalue weighted by Crippen LogP contribution is 2.24. The van der Waals surface area contributed by atoms with Crippen molar-refractivity contribution in [1.29, 1.82) is 0 Å². The summed E-state index contributed by atoms with van der Waals surface area (Å²) in [6, 6.07) is 8.47. The van der Waals surface area contributed by atoms with Crippen LogP contribution in [-0.4, -0.2) is 15.3 Å². The Balaban J connectivity index is 1.73. The van der Waals surface area contributed by atoms with Crippen molar-refractivity contribution in [3.05, 3.63) is 65.6 Å². The Morgan fingerprint density at radius 2 is 2.08 bits per heavy atom. The molecule has 1 amide bonds. The highest BCUT2D eigenvalue weighted by Gasteiger charge is 2.15. The number of anilines is 1. The van der Waals surface area contributed by atoms with Crippen LogP contribution in [0.5, 0.6) is 0 Å². The summed E-state index contributed by atoms with van der Waals surface area (Å²) in [5.41, 5.74) is 2.21. The van der Waals surface area contributed by atoms with E-state index in [-0.39, 0.29) is 11.6 Å². The average molecular weight is 323 g/mol. The molecule has 0 saturated carbocycles. The Kier molecular flexibility index (Phi) is 3.13. The summed E-state index contributed by atoms with van der Waals surface area (Å²) in [7, 11) is 0. The fourth-order valence-electron chi connectivity index (χ4n) is 2.82. The molecule has 120 valence electrons. The molecule has 0 aliphatic rings. The highest BCUT2D eigenvalue weighted by atomic mass is 19.1. The van der Waals surface area contributed by atoms with E-state index in [1.165, 1.54) is 6.07 Å². The Labute approximate surface area is 136 Å². The lowest BCUT2D eigenvalue weighted by atomic mass is 10.1.